The summed E-state index contributed by atoms with van der Waals surface area (Å²) < 4.78 is 8.42. The molecule has 0 radical (unpaired) electrons. The Kier molecular flexibility index (Phi) is 4.62. The highest BCUT2D eigenvalue weighted by Crippen LogP contribution is 2.16. The Bertz CT molecular complexity index is 1080. The van der Waals surface area contributed by atoms with E-state index in [9.17, 15) is 19.5 Å². The molecule has 7 heteroatoms. The van der Waals surface area contributed by atoms with Crippen molar-refractivity contribution < 1.29 is 14.6 Å². The lowest BCUT2D eigenvalue weighted by atomic mass is 10.2. The number of rotatable bonds is 5. The summed E-state index contributed by atoms with van der Waals surface area (Å²) in [5, 5.41) is 9.29. The van der Waals surface area contributed by atoms with E-state index >= 15 is 0 Å². The molecule has 0 bridgehead atoms. The minimum Gasteiger partial charge on any atom is -0.483 e. The molecule has 0 amide bonds. The molecule has 0 saturated carbocycles. The van der Waals surface area contributed by atoms with E-state index in [-0.39, 0.29) is 23.9 Å². The van der Waals surface area contributed by atoms with Gasteiger partial charge in [-0.25, -0.2) is 4.79 Å². The first-order valence-electron chi connectivity index (χ1n) is 8.10. The first kappa shape index (κ1) is 17.5. The first-order valence-corrected chi connectivity index (χ1v) is 8.10. The molecular weight excluding hydrogens is 336 g/mol. The van der Waals surface area contributed by atoms with Crippen LogP contribution in [-0.2, 0) is 6.61 Å². The number of fused-ring (bicyclic) bond motifs is 1. The maximum Gasteiger partial charge on any atom is 0.341 e. The smallest absolute Gasteiger partial charge is 0.341 e. The van der Waals surface area contributed by atoms with Crippen molar-refractivity contribution in [2.24, 2.45) is 0 Å². The molecule has 7 nitrogen and oxygen atoms in total. The number of carboxylic acid groups (broad SMARTS) is 1. The normalized spacial score (nSPS) is 11.0. The van der Waals surface area contributed by atoms with Crippen LogP contribution in [0.25, 0.3) is 5.52 Å². The van der Waals surface area contributed by atoms with Crippen molar-refractivity contribution >= 4 is 11.5 Å². The average Bonchev–Trinajstić information content (AvgIpc) is 2.61. The lowest BCUT2D eigenvalue weighted by Crippen LogP contribution is -2.28. The van der Waals surface area contributed by atoms with E-state index in [2.05, 4.69) is 0 Å². The van der Waals surface area contributed by atoms with Gasteiger partial charge in [0, 0.05) is 24.6 Å². The van der Waals surface area contributed by atoms with Crippen LogP contribution >= 0.6 is 0 Å². The Morgan fingerprint density at radius 3 is 2.46 bits per heavy atom. The van der Waals surface area contributed by atoms with E-state index in [1.807, 2.05) is 44.2 Å². The van der Waals surface area contributed by atoms with Gasteiger partial charge in [0.15, 0.2) is 11.3 Å². The van der Waals surface area contributed by atoms with Gasteiger partial charge in [-0.2, -0.15) is 0 Å². The number of hydrogen-bond donors (Lipinski definition) is 1. The molecule has 0 unspecified atom stereocenters. The maximum atomic E-state index is 12.8. The molecule has 0 atom stereocenters. The zero-order valence-corrected chi connectivity index (χ0v) is 14.4. The second-order valence-corrected chi connectivity index (χ2v) is 6.14. The van der Waals surface area contributed by atoms with Crippen LogP contribution in [0.15, 0.2) is 58.5 Å². The van der Waals surface area contributed by atoms with Crippen LogP contribution in [0.5, 0.6) is 5.75 Å². The number of aromatic nitrogens is 2. The molecule has 3 rings (SSSR count). The number of ether oxygens (including phenoxy) is 1. The van der Waals surface area contributed by atoms with Crippen molar-refractivity contribution in [2.45, 2.75) is 26.5 Å². The fourth-order valence-electron chi connectivity index (χ4n) is 2.69. The third-order valence-corrected chi connectivity index (χ3v) is 4.03. The highest BCUT2D eigenvalue weighted by atomic mass is 16.5. The summed E-state index contributed by atoms with van der Waals surface area (Å²) in [6.07, 6.45) is 4.23. The second-order valence-electron chi connectivity index (χ2n) is 6.14. The van der Waals surface area contributed by atoms with Crippen molar-refractivity contribution in [1.29, 1.82) is 0 Å². The molecule has 3 aromatic rings. The SMILES string of the molecule is CC(C)n1ccn2cc(C(=O)O)c(=O)c(OCc3ccccc3)c2c1=O. The molecule has 0 aliphatic rings. The van der Waals surface area contributed by atoms with Crippen molar-refractivity contribution in [2.75, 3.05) is 0 Å². The number of carboxylic acids is 1. The molecule has 0 spiro atoms. The van der Waals surface area contributed by atoms with E-state index in [1.165, 1.54) is 15.2 Å². The van der Waals surface area contributed by atoms with Crippen LogP contribution in [-0.4, -0.2) is 20.0 Å². The minimum absolute atomic E-state index is 0.0205. The molecule has 2 heterocycles. The van der Waals surface area contributed by atoms with Crippen LogP contribution < -0.4 is 15.7 Å². The summed E-state index contributed by atoms with van der Waals surface area (Å²) in [5.74, 6) is -1.63. The average molecular weight is 354 g/mol. The number of nitrogens with zero attached hydrogens (tertiary/aromatic N) is 2. The van der Waals surface area contributed by atoms with Gasteiger partial charge >= 0.3 is 5.97 Å². The first-order chi connectivity index (χ1) is 12.4. The molecule has 0 fully saturated rings. The Balaban J connectivity index is 2.24. The molecule has 1 aromatic carbocycles. The predicted octanol–water partition coefficient (Wildman–Crippen LogP) is 2.32. The van der Waals surface area contributed by atoms with Crippen molar-refractivity contribution in [1.82, 2.24) is 8.97 Å². The lowest BCUT2D eigenvalue weighted by Gasteiger charge is -2.15. The predicted molar refractivity (Wildman–Crippen MR) is 96.0 cm³/mol. The highest BCUT2D eigenvalue weighted by Gasteiger charge is 2.20. The van der Waals surface area contributed by atoms with E-state index in [1.54, 1.807) is 6.20 Å². The number of carbonyl (C=O) groups is 1. The van der Waals surface area contributed by atoms with Gasteiger partial charge in [0.25, 0.3) is 5.56 Å². The minimum atomic E-state index is -1.37. The van der Waals surface area contributed by atoms with E-state index < -0.39 is 22.5 Å². The molecule has 26 heavy (non-hydrogen) atoms. The lowest BCUT2D eigenvalue weighted by molar-refractivity contribution is 0.0694. The fraction of sp³-hybridized carbons (Fsp3) is 0.211. The number of hydrogen-bond acceptors (Lipinski definition) is 4. The largest absolute Gasteiger partial charge is 0.483 e. The standard InChI is InChI=1S/C19H18N2O5/c1-12(2)21-9-8-20-10-14(19(24)25)16(22)17(15(20)18(21)23)26-11-13-6-4-3-5-7-13/h3-10,12H,11H2,1-2H3,(H,24,25). The van der Waals surface area contributed by atoms with Gasteiger partial charge in [0.2, 0.25) is 5.43 Å². The summed E-state index contributed by atoms with van der Waals surface area (Å²) in [7, 11) is 0. The highest BCUT2D eigenvalue weighted by molar-refractivity contribution is 5.88. The Hall–Kier alpha value is -3.35. The Morgan fingerprint density at radius 2 is 1.85 bits per heavy atom. The zero-order valence-electron chi connectivity index (χ0n) is 14.4. The molecule has 134 valence electrons. The second kappa shape index (κ2) is 6.87. The number of aromatic carboxylic acids is 1. The van der Waals surface area contributed by atoms with Crippen LogP contribution in [0.4, 0.5) is 0 Å². The molecule has 0 aliphatic heterocycles. The quantitative estimate of drug-likeness (QED) is 0.759. The molecular formula is C19H18N2O5. The molecule has 2 aromatic heterocycles. The van der Waals surface area contributed by atoms with Crippen LogP contribution in [0.1, 0.15) is 35.8 Å². The van der Waals surface area contributed by atoms with Crippen molar-refractivity contribution in [3.05, 3.63) is 80.6 Å². The summed E-state index contributed by atoms with van der Waals surface area (Å²) in [6, 6.07) is 9.00. The van der Waals surface area contributed by atoms with Crippen LogP contribution in [0.3, 0.4) is 0 Å². The summed E-state index contributed by atoms with van der Waals surface area (Å²) in [5.41, 5.74) is -0.864. The van der Waals surface area contributed by atoms with Crippen molar-refractivity contribution in [3.63, 3.8) is 0 Å². The van der Waals surface area contributed by atoms with E-state index in [0.29, 0.717) is 0 Å². The maximum absolute atomic E-state index is 12.8. The summed E-state index contributed by atoms with van der Waals surface area (Å²) >= 11 is 0. The van der Waals surface area contributed by atoms with E-state index in [0.717, 1.165) is 11.8 Å². The van der Waals surface area contributed by atoms with Crippen LogP contribution in [0.2, 0.25) is 0 Å². The van der Waals surface area contributed by atoms with Crippen molar-refractivity contribution in [3.8, 4) is 5.75 Å². The molecule has 0 saturated heterocycles. The fourth-order valence-corrected chi connectivity index (χ4v) is 2.69. The van der Waals surface area contributed by atoms with Crippen LogP contribution in [0, 0.1) is 0 Å². The summed E-state index contributed by atoms with van der Waals surface area (Å²) in [4.78, 5) is 36.8. The van der Waals surface area contributed by atoms with Gasteiger partial charge < -0.3 is 18.8 Å². The summed E-state index contributed by atoms with van der Waals surface area (Å²) in [6.45, 7) is 3.73. The number of benzene rings is 1. The molecule has 1 N–H and O–H groups in total. The number of pyridine rings is 1. The monoisotopic (exact) mass is 354 g/mol. The zero-order chi connectivity index (χ0) is 18.8. The van der Waals surface area contributed by atoms with Gasteiger partial charge in [-0.15, -0.1) is 0 Å². The van der Waals surface area contributed by atoms with Gasteiger partial charge in [-0.1, -0.05) is 30.3 Å². The topological polar surface area (TPSA) is 90.0 Å². The van der Waals surface area contributed by atoms with Gasteiger partial charge in [0.1, 0.15) is 12.2 Å². The molecule has 0 aliphatic carbocycles. The Labute approximate surface area is 148 Å². The third-order valence-electron chi connectivity index (χ3n) is 4.03. The van der Waals surface area contributed by atoms with Gasteiger partial charge in [0.05, 0.1) is 0 Å². The van der Waals surface area contributed by atoms with E-state index in [4.69, 9.17) is 4.74 Å². The third kappa shape index (κ3) is 3.11. The Morgan fingerprint density at radius 1 is 1.15 bits per heavy atom. The van der Waals surface area contributed by atoms with Gasteiger partial charge in [-0.05, 0) is 19.4 Å². The van der Waals surface area contributed by atoms with Gasteiger partial charge in [-0.3, -0.25) is 9.59 Å².